The summed E-state index contributed by atoms with van der Waals surface area (Å²) in [5, 5.41) is 2.87. The monoisotopic (exact) mass is 372 g/mol. The van der Waals surface area contributed by atoms with Crippen LogP contribution in [0.3, 0.4) is 0 Å². The predicted molar refractivity (Wildman–Crippen MR) is 107 cm³/mol. The lowest BCUT2D eigenvalue weighted by atomic mass is 10.1. The Labute approximate surface area is 161 Å². The van der Waals surface area contributed by atoms with E-state index in [0.29, 0.717) is 31.2 Å². The predicted octanol–water partition coefficient (Wildman–Crippen LogP) is 4.25. The van der Waals surface area contributed by atoms with E-state index in [0.717, 1.165) is 13.1 Å². The average Bonchev–Trinajstić information content (AvgIpc) is 2.67. The fourth-order valence-electron chi connectivity index (χ4n) is 2.78. The van der Waals surface area contributed by atoms with Crippen LogP contribution in [0.25, 0.3) is 0 Å². The van der Waals surface area contributed by atoms with Crippen molar-refractivity contribution in [3.63, 3.8) is 0 Å². The van der Waals surface area contributed by atoms with Crippen LogP contribution in [0.2, 0.25) is 0 Å². The van der Waals surface area contributed by atoms with Crippen molar-refractivity contribution in [2.45, 2.75) is 39.8 Å². The minimum Gasteiger partial charge on any atom is -0.490 e. The average molecular weight is 372 g/mol. The molecule has 2 rings (SSSR count). The number of nitrogens with zero attached hydrogens (tertiary/aromatic N) is 1. The van der Waals surface area contributed by atoms with Crippen molar-refractivity contribution in [1.29, 1.82) is 0 Å². The molecule has 27 heavy (non-hydrogen) atoms. The van der Waals surface area contributed by atoms with Crippen LogP contribution in [0.4, 0.5) is 4.39 Å². The van der Waals surface area contributed by atoms with E-state index in [1.807, 2.05) is 24.3 Å². The molecule has 0 heterocycles. The molecule has 4 nitrogen and oxygen atoms in total. The number of rotatable bonds is 10. The number of halogens is 1. The highest BCUT2D eigenvalue weighted by atomic mass is 19.1. The Balaban J connectivity index is 1.73. The van der Waals surface area contributed by atoms with Gasteiger partial charge in [0.25, 0.3) is 5.91 Å². The van der Waals surface area contributed by atoms with E-state index >= 15 is 0 Å². The highest BCUT2D eigenvalue weighted by Gasteiger charge is 2.09. The molecule has 0 atom stereocenters. The van der Waals surface area contributed by atoms with Gasteiger partial charge in [0.05, 0.1) is 6.61 Å². The zero-order valence-corrected chi connectivity index (χ0v) is 16.4. The van der Waals surface area contributed by atoms with Gasteiger partial charge in [-0.05, 0) is 56.6 Å². The minimum absolute atomic E-state index is 0.108. The molecular weight excluding hydrogens is 343 g/mol. The van der Waals surface area contributed by atoms with Gasteiger partial charge in [-0.15, -0.1) is 0 Å². The fourth-order valence-corrected chi connectivity index (χ4v) is 2.78. The topological polar surface area (TPSA) is 41.6 Å². The van der Waals surface area contributed by atoms with E-state index in [9.17, 15) is 9.18 Å². The van der Waals surface area contributed by atoms with Gasteiger partial charge < -0.3 is 10.1 Å². The van der Waals surface area contributed by atoms with Crippen LogP contribution in [0.15, 0.2) is 48.5 Å². The Hall–Kier alpha value is -2.40. The highest BCUT2D eigenvalue weighted by molar-refractivity contribution is 5.94. The summed E-state index contributed by atoms with van der Waals surface area (Å²) in [6, 6.07) is 14.5. The van der Waals surface area contributed by atoms with E-state index in [2.05, 4.69) is 31.0 Å². The van der Waals surface area contributed by atoms with E-state index in [4.69, 9.17) is 4.74 Å². The second-order valence-corrected chi connectivity index (χ2v) is 6.74. The second kappa shape index (κ2) is 10.7. The Morgan fingerprint density at radius 2 is 1.85 bits per heavy atom. The molecule has 0 saturated carbocycles. The number of benzene rings is 2. The lowest BCUT2D eigenvalue weighted by Crippen LogP contribution is -2.30. The van der Waals surface area contributed by atoms with Gasteiger partial charge in [-0.2, -0.15) is 0 Å². The molecule has 0 radical (unpaired) electrons. The van der Waals surface area contributed by atoms with Crippen molar-refractivity contribution < 1.29 is 13.9 Å². The third-order valence-electron chi connectivity index (χ3n) is 4.44. The molecule has 1 N–H and O–H groups in total. The van der Waals surface area contributed by atoms with Gasteiger partial charge in [0.15, 0.2) is 11.6 Å². The van der Waals surface area contributed by atoms with E-state index in [1.54, 1.807) is 18.2 Å². The number of para-hydroxylation sites is 1. The van der Waals surface area contributed by atoms with Crippen LogP contribution in [0.1, 0.15) is 43.1 Å². The lowest BCUT2D eigenvalue weighted by molar-refractivity contribution is 0.0951. The zero-order chi connectivity index (χ0) is 19.6. The molecular formula is C22H29FN2O2. The lowest BCUT2D eigenvalue weighted by Gasteiger charge is -2.24. The fraction of sp³-hybridized carbons (Fsp3) is 0.409. The SMILES string of the molecule is CCN(Cc1ccc(C(=O)NCCCOc2ccccc2F)cc1)C(C)C. The Kier molecular flexibility index (Phi) is 8.27. The summed E-state index contributed by atoms with van der Waals surface area (Å²) in [5.74, 6) is -0.244. The van der Waals surface area contributed by atoms with Crippen molar-refractivity contribution in [2.24, 2.45) is 0 Å². The van der Waals surface area contributed by atoms with Crippen molar-refractivity contribution >= 4 is 5.91 Å². The Bertz CT molecular complexity index is 717. The van der Waals surface area contributed by atoms with Gasteiger partial charge in [0.1, 0.15) is 0 Å². The summed E-state index contributed by atoms with van der Waals surface area (Å²) in [6.07, 6.45) is 0.609. The number of hydrogen-bond donors (Lipinski definition) is 1. The summed E-state index contributed by atoms with van der Waals surface area (Å²) in [4.78, 5) is 14.6. The van der Waals surface area contributed by atoms with E-state index < -0.39 is 0 Å². The normalized spacial score (nSPS) is 11.0. The van der Waals surface area contributed by atoms with Crippen molar-refractivity contribution in [1.82, 2.24) is 10.2 Å². The molecule has 0 aliphatic heterocycles. The van der Waals surface area contributed by atoms with Gasteiger partial charge in [0.2, 0.25) is 0 Å². The first-order chi connectivity index (χ1) is 13.0. The first-order valence-electron chi connectivity index (χ1n) is 9.49. The molecule has 1 amide bonds. The van der Waals surface area contributed by atoms with Crippen LogP contribution < -0.4 is 10.1 Å². The van der Waals surface area contributed by atoms with Gasteiger partial charge in [0, 0.05) is 24.7 Å². The van der Waals surface area contributed by atoms with Gasteiger partial charge >= 0.3 is 0 Å². The van der Waals surface area contributed by atoms with E-state index in [-0.39, 0.29) is 17.5 Å². The molecule has 0 bridgehead atoms. The third kappa shape index (κ3) is 6.68. The Morgan fingerprint density at radius 3 is 2.48 bits per heavy atom. The van der Waals surface area contributed by atoms with Crippen LogP contribution in [0, 0.1) is 5.82 Å². The maximum absolute atomic E-state index is 13.4. The van der Waals surface area contributed by atoms with Gasteiger partial charge in [-0.1, -0.05) is 31.2 Å². The highest BCUT2D eigenvalue weighted by Crippen LogP contribution is 2.15. The molecule has 0 aliphatic carbocycles. The molecule has 0 fully saturated rings. The molecule has 0 aliphatic rings. The summed E-state index contributed by atoms with van der Waals surface area (Å²) >= 11 is 0. The number of amides is 1. The molecule has 0 saturated heterocycles. The quantitative estimate of drug-likeness (QED) is 0.634. The summed E-state index contributed by atoms with van der Waals surface area (Å²) < 4.78 is 18.8. The van der Waals surface area contributed by atoms with E-state index in [1.165, 1.54) is 11.6 Å². The van der Waals surface area contributed by atoms with Crippen molar-refractivity contribution in [3.05, 3.63) is 65.5 Å². The second-order valence-electron chi connectivity index (χ2n) is 6.74. The molecule has 0 aromatic heterocycles. The summed E-state index contributed by atoms with van der Waals surface area (Å²) in [6.45, 7) is 9.21. The van der Waals surface area contributed by atoms with Gasteiger partial charge in [-0.3, -0.25) is 9.69 Å². The largest absolute Gasteiger partial charge is 0.490 e. The number of ether oxygens (including phenoxy) is 1. The maximum Gasteiger partial charge on any atom is 0.251 e. The number of carbonyl (C=O) groups excluding carboxylic acids is 1. The third-order valence-corrected chi connectivity index (χ3v) is 4.44. The Morgan fingerprint density at radius 1 is 1.15 bits per heavy atom. The van der Waals surface area contributed by atoms with Crippen LogP contribution in [0.5, 0.6) is 5.75 Å². The molecule has 5 heteroatoms. The van der Waals surface area contributed by atoms with Gasteiger partial charge in [-0.25, -0.2) is 4.39 Å². The smallest absolute Gasteiger partial charge is 0.251 e. The number of nitrogens with one attached hydrogen (secondary N) is 1. The van der Waals surface area contributed by atoms with Crippen molar-refractivity contribution in [3.8, 4) is 5.75 Å². The van der Waals surface area contributed by atoms with Crippen LogP contribution in [-0.2, 0) is 6.54 Å². The van der Waals surface area contributed by atoms with Crippen LogP contribution in [-0.4, -0.2) is 36.5 Å². The zero-order valence-electron chi connectivity index (χ0n) is 16.4. The first kappa shape index (κ1) is 20.9. The first-order valence-corrected chi connectivity index (χ1v) is 9.49. The van der Waals surface area contributed by atoms with Crippen molar-refractivity contribution in [2.75, 3.05) is 19.7 Å². The molecule has 0 unspecified atom stereocenters. The molecule has 2 aromatic carbocycles. The number of carbonyl (C=O) groups is 1. The molecule has 0 spiro atoms. The summed E-state index contributed by atoms with van der Waals surface area (Å²) in [5.41, 5.74) is 1.83. The maximum atomic E-state index is 13.4. The number of hydrogen-bond acceptors (Lipinski definition) is 3. The minimum atomic E-state index is -0.374. The van der Waals surface area contributed by atoms with Crippen LogP contribution >= 0.6 is 0 Å². The molecule has 146 valence electrons. The summed E-state index contributed by atoms with van der Waals surface area (Å²) in [7, 11) is 0. The molecule has 2 aromatic rings. The standard InChI is InChI=1S/C22H29FN2O2/c1-4-25(17(2)3)16-18-10-12-19(13-11-18)22(26)24-14-7-15-27-21-9-6-5-8-20(21)23/h5-6,8-13,17H,4,7,14-16H2,1-3H3,(H,24,26).